The van der Waals surface area contributed by atoms with E-state index in [1.54, 1.807) is 0 Å². The van der Waals surface area contributed by atoms with Gasteiger partial charge in [-0.15, -0.1) is 0 Å². The molecule has 0 aromatic heterocycles. The van der Waals surface area contributed by atoms with E-state index in [9.17, 15) is 4.79 Å². The summed E-state index contributed by atoms with van der Waals surface area (Å²) in [6, 6.07) is 20.9. The normalized spacial score (nSPS) is 15.7. The first-order valence-electron chi connectivity index (χ1n) is 10.2. The van der Waals surface area contributed by atoms with Crippen LogP contribution in [0, 0.1) is 3.57 Å². The second kappa shape index (κ2) is 11.1. The molecule has 0 unspecified atom stereocenters. The number of aliphatic imine (C=N–C) groups is 1. The van der Waals surface area contributed by atoms with Gasteiger partial charge in [0.05, 0.1) is 20.8 Å². The maximum Gasteiger partial charge on any atom is 0.264 e. The smallest absolute Gasteiger partial charge is 0.264 e. The molecule has 1 aliphatic heterocycles. The summed E-state index contributed by atoms with van der Waals surface area (Å²) in [7, 11) is 0. The first-order valence-corrected chi connectivity index (χ1v) is 12.5. The second-order valence-electron chi connectivity index (χ2n) is 7.00. The van der Waals surface area contributed by atoms with Gasteiger partial charge in [0.1, 0.15) is 6.61 Å². The van der Waals surface area contributed by atoms with Crippen molar-refractivity contribution in [1.82, 2.24) is 5.32 Å². The molecule has 1 aliphatic rings. The van der Waals surface area contributed by atoms with Crippen LogP contribution in [0.1, 0.15) is 18.1 Å². The molecule has 5 nitrogen and oxygen atoms in total. The number of ether oxygens (including phenoxy) is 2. The molecule has 8 heteroatoms. The Morgan fingerprint density at radius 1 is 1.09 bits per heavy atom. The largest absolute Gasteiger partial charge is 0.490 e. The average molecular weight is 591 g/mol. The van der Waals surface area contributed by atoms with E-state index in [4.69, 9.17) is 21.1 Å². The van der Waals surface area contributed by atoms with Crippen LogP contribution in [0.3, 0.4) is 0 Å². The van der Waals surface area contributed by atoms with Crippen LogP contribution in [0.2, 0.25) is 5.02 Å². The van der Waals surface area contributed by atoms with Crippen molar-refractivity contribution in [2.24, 2.45) is 4.99 Å². The van der Waals surface area contributed by atoms with Gasteiger partial charge in [0, 0.05) is 5.02 Å². The van der Waals surface area contributed by atoms with E-state index in [0.29, 0.717) is 39.8 Å². The number of benzene rings is 3. The molecule has 4 rings (SSSR count). The third-order valence-corrected chi connectivity index (χ3v) is 6.53. The zero-order chi connectivity index (χ0) is 23.2. The monoisotopic (exact) mass is 590 g/mol. The van der Waals surface area contributed by atoms with Gasteiger partial charge in [-0.25, -0.2) is 4.99 Å². The highest BCUT2D eigenvalue weighted by Crippen LogP contribution is 2.37. The maximum absolute atomic E-state index is 12.5. The number of hydrogen-bond acceptors (Lipinski definition) is 5. The van der Waals surface area contributed by atoms with Crippen LogP contribution in [-0.2, 0) is 11.4 Å². The van der Waals surface area contributed by atoms with Crippen LogP contribution >= 0.6 is 46.0 Å². The highest BCUT2D eigenvalue weighted by molar-refractivity contribution is 14.1. The molecule has 3 aromatic carbocycles. The van der Waals surface area contributed by atoms with Crippen molar-refractivity contribution in [1.29, 1.82) is 0 Å². The molecule has 1 saturated heterocycles. The highest BCUT2D eigenvalue weighted by atomic mass is 127. The number of thioether (sulfide) groups is 1. The minimum absolute atomic E-state index is 0.175. The molecule has 0 aliphatic carbocycles. The predicted octanol–water partition coefficient (Wildman–Crippen LogP) is 6.81. The minimum Gasteiger partial charge on any atom is -0.490 e. The van der Waals surface area contributed by atoms with Gasteiger partial charge in [-0.1, -0.05) is 41.9 Å². The molecule has 0 spiro atoms. The Labute approximate surface area is 215 Å². The molecule has 3 aromatic rings. The Kier molecular flexibility index (Phi) is 7.95. The molecular weight excluding hydrogens is 571 g/mol. The molecule has 1 heterocycles. The molecule has 1 fully saturated rings. The maximum atomic E-state index is 12.5. The fraction of sp³-hybridized carbons (Fsp3) is 0.120. The topological polar surface area (TPSA) is 59.9 Å². The number of carbonyl (C=O) groups is 1. The van der Waals surface area contributed by atoms with Crippen molar-refractivity contribution in [3.05, 3.63) is 91.4 Å². The summed E-state index contributed by atoms with van der Waals surface area (Å²) in [5.41, 5.74) is 2.64. The van der Waals surface area contributed by atoms with Crippen molar-refractivity contribution in [2.45, 2.75) is 13.5 Å². The summed E-state index contributed by atoms with van der Waals surface area (Å²) in [6.07, 6.45) is 1.83. The number of hydrogen-bond donors (Lipinski definition) is 1. The van der Waals surface area contributed by atoms with Crippen LogP contribution in [0.4, 0.5) is 5.69 Å². The molecule has 33 heavy (non-hydrogen) atoms. The summed E-state index contributed by atoms with van der Waals surface area (Å²) in [5, 5.41) is 4.06. The number of nitrogens with one attached hydrogen (secondary N) is 1. The highest BCUT2D eigenvalue weighted by Gasteiger charge is 2.24. The summed E-state index contributed by atoms with van der Waals surface area (Å²) in [6.45, 7) is 2.81. The lowest BCUT2D eigenvalue weighted by Gasteiger charge is -2.15. The number of carbonyl (C=O) groups excluding carboxylic acids is 1. The molecule has 0 saturated carbocycles. The van der Waals surface area contributed by atoms with Gasteiger partial charge in [-0.05, 0) is 94.9 Å². The van der Waals surface area contributed by atoms with Gasteiger partial charge in [0.25, 0.3) is 5.91 Å². The molecule has 0 radical (unpaired) electrons. The summed E-state index contributed by atoms with van der Waals surface area (Å²) in [5.74, 6) is 1.13. The van der Waals surface area contributed by atoms with Crippen molar-refractivity contribution >= 4 is 68.8 Å². The molecule has 0 atom stereocenters. The lowest BCUT2D eigenvalue weighted by Crippen LogP contribution is -2.19. The van der Waals surface area contributed by atoms with Crippen molar-refractivity contribution in [2.75, 3.05) is 6.61 Å². The van der Waals surface area contributed by atoms with E-state index >= 15 is 0 Å². The van der Waals surface area contributed by atoms with Crippen LogP contribution in [-0.4, -0.2) is 17.7 Å². The van der Waals surface area contributed by atoms with Crippen LogP contribution < -0.4 is 14.8 Å². The fourth-order valence-electron chi connectivity index (χ4n) is 3.06. The SMILES string of the molecule is CCOc1cc(/C=C2\SC(=Nc3ccccc3)NC2=O)cc(I)c1OCc1ccc(Cl)cc1. The van der Waals surface area contributed by atoms with E-state index in [-0.39, 0.29) is 5.91 Å². The Balaban J connectivity index is 1.55. The molecule has 1 N–H and O–H groups in total. The number of amides is 1. The summed E-state index contributed by atoms with van der Waals surface area (Å²) >= 11 is 9.50. The first kappa shape index (κ1) is 23.7. The first-order chi connectivity index (χ1) is 16.0. The summed E-state index contributed by atoms with van der Waals surface area (Å²) in [4.78, 5) is 17.5. The standard InChI is InChI=1S/C25H20ClIN2O3S/c1-2-31-21-13-17(12-20(27)23(21)32-15-16-8-10-18(26)11-9-16)14-22-24(30)29-25(33-22)28-19-6-4-3-5-7-19/h3-14H,2,15H2,1H3,(H,28,29,30)/b22-14-. The van der Waals surface area contributed by atoms with Gasteiger partial charge in [0.2, 0.25) is 0 Å². The third kappa shape index (κ3) is 6.31. The third-order valence-electron chi connectivity index (χ3n) is 4.56. The lowest BCUT2D eigenvalue weighted by molar-refractivity contribution is -0.115. The van der Waals surface area contributed by atoms with E-state index < -0.39 is 0 Å². The number of nitrogens with zero attached hydrogens (tertiary/aromatic N) is 1. The number of para-hydroxylation sites is 1. The Bertz CT molecular complexity index is 1210. The average Bonchev–Trinajstić information content (AvgIpc) is 3.13. The van der Waals surface area contributed by atoms with Gasteiger partial charge in [-0.2, -0.15) is 0 Å². The van der Waals surface area contributed by atoms with E-state index in [2.05, 4.69) is 32.9 Å². The molecule has 0 bridgehead atoms. The van der Waals surface area contributed by atoms with Crippen LogP contribution in [0.15, 0.2) is 76.6 Å². The molecular formula is C25H20ClIN2O3S. The minimum atomic E-state index is -0.175. The molecule has 1 amide bonds. The predicted molar refractivity (Wildman–Crippen MR) is 143 cm³/mol. The number of halogens is 2. The Morgan fingerprint density at radius 2 is 1.85 bits per heavy atom. The quantitative estimate of drug-likeness (QED) is 0.243. The van der Waals surface area contributed by atoms with Crippen molar-refractivity contribution in [3.8, 4) is 11.5 Å². The Hall–Kier alpha value is -2.49. The van der Waals surface area contributed by atoms with Crippen LogP contribution in [0.25, 0.3) is 6.08 Å². The zero-order valence-corrected chi connectivity index (χ0v) is 21.4. The van der Waals surface area contributed by atoms with Crippen molar-refractivity contribution in [3.63, 3.8) is 0 Å². The van der Waals surface area contributed by atoms with Gasteiger partial charge >= 0.3 is 0 Å². The van der Waals surface area contributed by atoms with E-state index in [1.165, 1.54) is 11.8 Å². The Morgan fingerprint density at radius 3 is 2.58 bits per heavy atom. The van der Waals surface area contributed by atoms with Crippen LogP contribution in [0.5, 0.6) is 11.5 Å². The number of rotatable bonds is 7. The lowest BCUT2D eigenvalue weighted by atomic mass is 10.2. The fourth-order valence-corrected chi connectivity index (χ4v) is 4.81. The van der Waals surface area contributed by atoms with Crippen molar-refractivity contribution < 1.29 is 14.3 Å². The van der Waals surface area contributed by atoms with Gasteiger partial charge < -0.3 is 14.8 Å². The zero-order valence-electron chi connectivity index (χ0n) is 17.7. The van der Waals surface area contributed by atoms with E-state index in [1.807, 2.05) is 79.7 Å². The second-order valence-corrected chi connectivity index (χ2v) is 9.62. The van der Waals surface area contributed by atoms with E-state index in [0.717, 1.165) is 20.4 Å². The summed E-state index contributed by atoms with van der Waals surface area (Å²) < 4.78 is 12.8. The molecule has 168 valence electrons. The van der Waals surface area contributed by atoms with Gasteiger partial charge in [0.15, 0.2) is 16.7 Å². The number of amidine groups is 1. The van der Waals surface area contributed by atoms with Gasteiger partial charge in [-0.3, -0.25) is 4.79 Å².